The Bertz CT molecular complexity index is 227. The molecule has 0 spiro atoms. The first-order valence-corrected chi connectivity index (χ1v) is 7.98. The van der Waals surface area contributed by atoms with Crippen LogP contribution in [0.5, 0.6) is 0 Å². The van der Waals surface area contributed by atoms with Crippen molar-refractivity contribution in [1.82, 2.24) is 10.2 Å². The molecule has 1 heterocycles. The Kier molecular flexibility index (Phi) is 6.65. The predicted molar refractivity (Wildman–Crippen MR) is 80.9 cm³/mol. The van der Waals surface area contributed by atoms with Gasteiger partial charge in [0, 0.05) is 31.2 Å². The molecule has 0 radical (unpaired) electrons. The van der Waals surface area contributed by atoms with Crippen LogP contribution in [0.2, 0.25) is 0 Å². The molecule has 0 amide bonds. The first-order chi connectivity index (χ1) is 8.49. The molecule has 1 fully saturated rings. The third-order valence-corrected chi connectivity index (χ3v) is 4.77. The molecule has 0 aromatic heterocycles. The van der Waals surface area contributed by atoms with Crippen LogP contribution in [-0.4, -0.2) is 36.1 Å². The standard InChI is InChI=1S/C16H34N2/c1-7-13(5)9-14(6)18-11-16(12(3)4)17-10-15(18)8-2/h12-17H,7-11H2,1-6H3. The van der Waals surface area contributed by atoms with Gasteiger partial charge in [0.1, 0.15) is 0 Å². The van der Waals surface area contributed by atoms with E-state index in [1.54, 1.807) is 0 Å². The number of hydrogen-bond acceptors (Lipinski definition) is 2. The van der Waals surface area contributed by atoms with E-state index in [2.05, 4.69) is 51.8 Å². The lowest BCUT2D eigenvalue weighted by atomic mass is 9.93. The van der Waals surface area contributed by atoms with Gasteiger partial charge in [-0.1, -0.05) is 41.0 Å². The molecule has 1 aliphatic heterocycles. The average molecular weight is 254 g/mol. The minimum atomic E-state index is 0.673. The molecular weight excluding hydrogens is 220 g/mol. The maximum absolute atomic E-state index is 3.73. The molecule has 0 saturated carbocycles. The monoisotopic (exact) mass is 254 g/mol. The topological polar surface area (TPSA) is 15.3 Å². The summed E-state index contributed by atoms with van der Waals surface area (Å²) in [5.74, 6) is 1.59. The van der Waals surface area contributed by atoms with Crippen LogP contribution in [0.4, 0.5) is 0 Å². The van der Waals surface area contributed by atoms with E-state index in [9.17, 15) is 0 Å². The largest absolute Gasteiger partial charge is 0.311 e. The first kappa shape index (κ1) is 16.0. The summed E-state index contributed by atoms with van der Waals surface area (Å²) in [6.07, 6.45) is 3.92. The van der Waals surface area contributed by atoms with E-state index >= 15 is 0 Å². The van der Waals surface area contributed by atoms with Crippen molar-refractivity contribution in [1.29, 1.82) is 0 Å². The normalized spacial score (nSPS) is 29.5. The Balaban J connectivity index is 2.61. The van der Waals surface area contributed by atoms with E-state index in [1.165, 1.54) is 32.4 Å². The third kappa shape index (κ3) is 4.24. The Morgan fingerprint density at radius 2 is 1.83 bits per heavy atom. The van der Waals surface area contributed by atoms with Gasteiger partial charge in [-0.25, -0.2) is 0 Å². The van der Waals surface area contributed by atoms with Crippen molar-refractivity contribution in [2.24, 2.45) is 11.8 Å². The Hall–Kier alpha value is -0.0800. The minimum absolute atomic E-state index is 0.673. The molecule has 0 bridgehead atoms. The van der Waals surface area contributed by atoms with Gasteiger partial charge >= 0.3 is 0 Å². The molecule has 1 aliphatic rings. The van der Waals surface area contributed by atoms with E-state index in [-0.39, 0.29) is 0 Å². The summed E-state index contributed by atoms with van der Waals surface area (Å²) in [7, 11) is 0. The van der Waals surface area contributed by atoms with Gasteiger partial charge in [0.25, 0.3) is 0 Å². The second-order valence-electron chi connectivity index (χ2n) is 6.62. The van der Waals surface area contributed by atoms with Crippen LogP contribution in [0.3, 0.4) is 0 Å². The molecule has 4 unspecified atom stereocenters. The molecular formula is C16H34N2. The van der Waals surface area contributed by atoms with Crippen LogP contribution in [0.25, 0.3) is 0 Å². The Morgan fingerprint density at radius 1 is 1.17 bits per heavy atom. The molecule has 1 saturated heterocycles. The minimum Gasteiger partial charge on any atom is -0.311 e. The van der Waals surface area contributed by atoms with Gasteiger partial charge in [-0.15, -0.1) is 0 Å². The third-order valence-electron chi connectivity index (χ3n) is 4.77. The highest BCUT2D eigenvalue weighted by atomic mass is 15.3. The molecule has 4 atom stereocenters. The highest BCUT2D eigenvalue weighted by molar-refractivity contribution is 4.89. The quantitative estimate of drug-likeness (QED) is 0.780. The van der Waals surface area contributed by atoms with E-state index in [0.29, 0.717) is 6.04 Å². The highest BCUT2D eigenvalue weighted by Crippen LogP contribution is 2.22. The van der Waals surface area contributed by atoms with Crippen molar-refractivity contribution >= 4 is 0 Å². The number of hydrogen-bond donors (Lipinski definition) is 1. The van der Waals surface area contributed by atoms with Crippen molar-refractivity contribution in [3.05, 3.63) is 0 Å². The molecule has 0 aromatic carbocycles. The maximum atomic E-state index is 3.73. The fourth-order valence-corrected chi connectivity index (χ4v) is 3.09. The summed E-state index contributed by atoms with van der Waals surface area (Å²) in [6.45, 7) is 16.5. The van der Waals surface area contributed by atoms with E-state index in [0.717, 1.165) is 23.9 Å². The van der Waals surface area contributed by atoms with Crippen LogP contribution in [0, 0.1) is 11.8 Å². The lowest BCUT2D eigenvalue weighted by Gasteiger charge is -2.45. The van der Waals surface area contributed by atoms with Gasteiger partial charge in [0.2, 0.25) is 0 Å². The summed E-state index contributed by atoms with van der Waals surface area (Å²) < 4.78 is 0. The van der Waals surface area contributed by atoms with Gasteiger partial charge < -0.3 is 5.32 Å². The van der Waals surface area contributed by atoms with Crippen molar-refractivity contribution in [2.75, 3.05) is 13.1 Å². The highest BCUT2D eigenvalue weighted by Gasteiger charge is 2.31. The van der Waals surface area contributed by atoms with Crippen LogP contribution < -0.4 is 5.32 Å². The molecule has 0 aromatic rings. The molecule has 108 valence electrons. The van der Waals surface area contributed by atoms with Crippen LogP contribution in [-0.2, 0) is 0 Å². The van der Waals surface area contributed by atoms with Crippen molar-refractivity contribution < 1.29 is 0 Å². The second-order valence-corrected chi connectivity index (χ2v) is 6.62. The Morgan fingerprint density at radius 3 is 2.33 bits per heavy atom. The van der Waals surface area contributed by atoms with Gasteiger partial charge in [-0.2, -0.15) is 0 Å². The summed E-state index contributed by atoms with van der Waals surface area (Å²) in [5.41, 5.74) is 0. The lowest BCUT2D eigenvalue weighted by Crippen LogP contribution is -2.60. The molecule has 2 nitrogen and oxygen atoms in total. The second kappa shape index (κ2) is 7.49. The SMILES string of the molecule is CCC(C)CC(C)N1CC(C(C)C)NCC1CC. The van der Waals surface area contributed by atoms with E-state index < -0.39 is 0 Å². The zero-order chi connectivity index (χ0) is 13.7. The number of nitrogens with one attached hydrogen (secondary N) is 1. The summed E-state index contributed by atoms with van der Waals surface area (Å²) in [4.78, 5) is 2.77. The average Bonchev–Trinajstić information content (AvgIpc) is 2.37. The lowest BCUT2D eigenvalue weighted by molar-refractivity contribution is 0.0637. The van der Waals surface area contributed by atoms with Gasteiger partial charge in [0.15, 0.2) is 0 Å². The number of rotatable bonds is 6. The summed E-state index contributed by atoms with van der Waals surface area (Å²) >= 11 is 0. The number of piperazine rings is 1. The zero-order valence-corrected chi connectivity index (χ0v) is 13.4. The van der Waals surface area contributed by atoms with Crippen molar-refractivity contribution in [2.45, 2.75) is 78.9 Å². The van der Waals surface area contributed by atoms with Gasteiger partial charge in [0.05, 0.1) is 0 Å². The van der Waals surface area contributed by atoms with Crippen LogP contribution >= 0.6 is 0 Å². The molecule has 2 heteroatoms. The molecule has 18 heavy (non-hydrogen) atoms. The van der Waals surface area contributed by atoms with E-state index in [4.69, 9.17) is 0 Å². The first-order valence-electron chi connectivity index (χ1n) is 7.98. The summed E-state index contributed by atoms with van der Waals surface area (Å²) in [6, 6.07) is 2.14. The fraction of sp³-hybridized carbons (Fsp3) is 1.00. The maximum Gasteiger partial charge on any atom is 0.0221 e. The zero-order valence-electron chi connectivity index (χ0n) is 13.4. The fourth-order valence-electron chi connectivity index (χ4n) is 3.09. The molecule has 1 N–H and O–H groups in total. The predicted octanol–water partition coefficient (Wildman–Crippen LogP) is 3.52. The van der Waals surface area contributed by atoms with Gasteiger partial charge in [-0.05, 0) is 31.6 Å². The Labute approximate surface area is 115 Å². The van der Waals surface area contributed by atoms with E-state index in [1.807, 2.05) is 0 Å². The van der Waals surface area contributed by atoms with Gasteiger partial charge in [-0.3, -0.25) is 4.90 Å². The summed E-state index contributed by atoms with van der Waals surface area (Å²) in [5, 5.41) is 3.73. The van der Waals surface area contributed by atoms with Crippen LogP contribution in [0.1, 0.15) is 60.8 Å². The molecule has 1 rings (SSSR count). The number of nitrogens with zero attached hydrogens (tertiary/aromatic N) is 1. The van der Waals surface area contributed by atoms with Crippen LogP contribution in [0.15, 0.2) is 0 Å². The smallest absolute Gasteiger partial charge is 0.0221 e. The molecule has 0 aliphatic carbocycles. The van der Waals surface area contributed by atoms with Crippen molar-refractivity contribution in [3.8, 4) is 0 Å². The van der Waals surface area contributed by atoms with Crippen molar-refractivity contribution in [3.63, 3.8) is 0 Å².